The fourth-order valence-electron chi connectivity index (χ4n) is 4.51. The molecular formula is C32H37NO5. The zero-order chi connectivity index (χ0) is 27.1. The van der Waals surface area contributed by atoms with E-state index in [4.69, 9.17) is 18.9 Å². The van der Waals surface area contributed by atoms with E-state index in [9.17, 15) is 4.79 Å². The molecule has 2 unspecified atom stereocenters. The molecule has 0 amide bonds. The first-order valence-corrected chi connectivity index (χ1v) is 13.0. The van der Waals surface area contributed by atoms with Gasteiger partial charge in [-0.2, -0.15) is 0 Å². The number of nitrogens with one attached hydrogen (secondary N) is 1. The Morgan fingerprint density at radius 2 is 1.74 bits per heavy atom. The summed E-state index contributed by atoms with van der Waals surface area (Å²) in [5, 5.41) is 3.48. The zero-order valence-electron chi connectivity index (χ0n) is 22.8. The van der Waals surface area contributed by atoms with Crippen LogP contribution in [0.1, 0.15) is 50.5 Å². The van der Waals surface area contributed by atoms with Gasteiger partial charge < -0.3 is 24.3 Å². The number of hydrogen-bond acceptors (Lipinski definition) is 6. The Bertz CT molecular complexity index is 1250. The van der Waals surface area contributed by atoms with Gasteiger partial charge >= 0.3 is 5.97 Å². The molecule has 0 saturated heterocycles. The molecule has 0 bridgehead atoms. The van der Waals surface area contributed by atoms with Crippen LogP contribution in [0.25, 0.3) is 0 Å². The number of fused-ring (bicyclic) bond motifs is 1. The van der Waals surface area contributed by atoms with Crippen LogP contribution < -0.4 is 14.8 Å². The quantitative estimate of drug-likeness (QED) is 0.241. The first-order valence-electron chi connectivity index (χ1n) is 13.0. The van der Waals surface area contributed by atoms with Crippen molar-refractivity contribution in [1.82, 2.24) is 0 Å². The standard InChI is InChI=1S/C32H37NO5/c1-22(2)19-29(34)37-31-30(36-18-17-23-9-7-6-8-10-23)27-20-25(13-16-28(27)38-32(31,3)4)33-21-24-11-14-26(35-5)15-12-24/h6-16,19-20,30-31,33H,17-18,21H2,1-5H3. The molecule has 0 saturated carbocycles. The summed E-state index contributed by atoms with van der Waals surface area (Å²) in [7, 11) is 1.66. The summed E-state index contributed by atoms with van der Waals surface area (Å²) in [6.07, 6.45) is 1.12. The van der Waals surface area contributed by atoms with E-state index < -0.39 is 23.8 Å². The van der Waals surface area contributed by atoms with E-state index >= 15 is 0 Å². The fraction of sp³-hybridized carbons (Fsp3) is 0.344. The van der Waals surface area contributed by atoms with Crippen LogP contribution in [-0.2, 0) is 27.2 Å². The minimum atomic E-state index is -0.784. The van der Waals surface area contributed by atoms with Crippen molar-refractivity contribution in [3.05, 3.63) is 101 Å². The number of hydrogen-bond donors (Lipinski definition) is 1. The number of benzene rings is 3. The molecule has 0 aromatic heterocycles. The molecule has 0 aliphatic carbocycles. The fourth-order valence-corrected chi connectivity index (χ4v) is 4.51. The van der Waals surface area contributed by atoms with Gasteiger partial charge in [-0.05, 0) is 75.6 Å². The molecule has 1 aliphatic rings. The van der Waals surface area contributed by atoms with E-state index in [0.29, 0.717) is 13.2 Å². The van der Waals surface area contributed by atoms with E-state index in [0.717, 1.165) is 40.3 Å². The summed E-state index contributed by atoms with van der Waals surface area (Å²) >= 11 is 0. The van der Waals surface area contributed by atoms with Crippen molar-refractivity contribution in [2.75, 3.05) is 19.0 Å². The normalized spacial score (nSPS) is 17.5. The van der Waals surface area contributed by atoms with Gasteiger partial charge in [0.15, 0.2) is 6.10 Å². The van der Waals surface area contributed by atoms with Crippen molar-refractivity contribution in [2.45, 2.75) is 58.5 Å². The SMILES string of the molecule is COc1ccc(CNc2ccc3c(c2)C(OCCc2ccccc2)C(OC(=O)C=C(C)C)C(C)(C)O3)cc1. The average Bonchev–Trinajstić information content (AvgIpc) is 2.89. The Balaban J connectivity index is 1.58. The molecule has 6 nitrogen and oxygen atoms in total. The molecule has 3 aromatic carbocycles. The van der Waals surface area contributed by atoms with E-state index in [1.54, 1.807) is 7.11 Å². The molecule has 2 atom stereocenters. The van der Waals surface area contributed by atoms with Gasteiger partial charge in [-0.15, -0.1) is 0 Å². The Morgan fingerprint density at radius 1 is 1.00 bits per heavy atom. The van der Waals surface area contributed by atoms with Gasteiger partial charge in [-0.1, -0.05) is 48.0 Å². The maximum Gasteiger partial charge on any atom is 0.331 e. The number of methoxy groups -OCH3 is 1. The Labute approximate surface area is 225 Å². The van der Waals surface area contributed by atoms with Gasteiger partial charge in [0.1, 0.15) is 23.2 Å². The number of esters is 1. The molecule has 0 spiro atoms. The highest BCUT2D eigenvalue weighted by atomic mass is 16.6. The van der Waals surface area contributed by atoms with Crippen LogP contribution in [0, 0.1) is 0 Å². The van der Waals surface area contributed by atoms with Crippen LogP contribution in [0.5, 0.6) is 11.5 Å². The van der Waals surface area contributed by atoms with Crippen LogP contribution in [0.4, 0.5) is 5.69 Å². The third-order valence-corrected chi connectivity index (χ3v) is 6.49. The average molecular weight is 516 g/mol. The number of ether oxygens (including phenoxy) is 4. The molecule has 6 heteroatoms. The number of carbonyl (C=O) groups excluding carboxylic acids is 1. The van der Waals surface area contributed by atoms with E-state index in [1.807, 2.05) is 88.4 Å². The topological polar surface area (TPSA) is 66.0 Å². The van der Waals surface area contributed by atoms with Gasteiger partial charge in [-0.3, -0.25) is 0 Å². The van der Waals surface area contributed by atoms with Gasteiger partial charge in [0, 0.05) is 23.9 Å². The first kappa shape index (κ1) is 27.3. The van der Waals surface area contributed by atoms with Crippen LogP contribution in [0.3, 0.4) is 0 Å². The lowest BCUT2D eigenvalue weighted by atomic mass is 9.87. The minimum Gasteiger partial charge on any atom is -0.497 e. The summed E-state index contributed by atoms with van der Waals surface area (Å²) in [4.78, 5) is 12.7. The van der Waals surface area contributed by atoms with Crippen LogP contribution in [-0.4, -0.2) is 31.4 Å². The predicted octanol–water partition coefficient (Wildman–Crippen LogP) is 6.66. The van der Waals surface area contributed by atoms with Crippen molar-refractivity contribution >= 4 is 11.7 Å². The van der Waals surface area contributed by atoms with Crippen LogP contribution in [0.2, 0.25) is 0 Å². The van der Waals surface area contributed by atoms with Crippen molar-refractivity contribution in [2.24, 2.45) is 0 Å². The minimum absolute atomic E-state index is 0.402. The number of anilines is 1. The lowest BCUT2D eigenvalue weighted by Gasteiger charge is -2.43. The lowest BCUT2D eigenvalue weighted by molar-refractivity contribution is -0.179. The Morgan fingerprint density at radius 3 is 2.42 bits per heavy atom. The molecule has 0 fully saturated rings. The van der Waals surface area contributed by atoms with Gasteiger partial charge in [0.2, 0.25) is 0 Å². The molecule has 1 heterocycles. The number of allylic oxidation sites excluding steroid dienone is 1. The number of rotatable bonds is 10. The van der Waals surface area contributed by atoms with Gasteiger partial charge in [-0.25, -0.2) is 4.79 Å². The van der Waals surface area contributed by atoms with Crippen molar-refractivity contribution in [3.8, 4) is 11.5 Å². The van der Waals surface area contributed by atoms with Crippen molar-refractivity contribution in [1.29, 1.82) is 0 Å². The summed E-state index contributed by atoms with van der Waals surface area (Å²) in [5.41, 5.74) is 4.18. The van der Waals surface area contributed by atoms with Crippen LogP contribution >= 0.6 is 0 Å². The highest BCUT2D eigenvalue weighted by molar-refractivity contribution is 5.83. The van der Waals surface area contributed by atoms with Gasteiger partial charge in [0.25, 0.3) is 0 Å². The first-order chi connectivity index (χ1) is 18.2. The molecule has 1 aliphatic heterocycles. The largest absolute Gasteiger partial charge is 0.497 e. The molecule has 38 heavy (non-hydrogen) atoms. The number of carbonyl (C=O) groups is 1. The van der Waals surface area contributed by atoms with Crippen molar-refractivity contribution < 1.29 is 23.7 Å². The summed E-state index contributed by atoms with van der Waals surface area (Å²) in [6.45, 7) is 8.72. The van der Waals surface area contributed by atoms with E-state index in [-0.39, 0.29) is 0 Å². The third-order valence-electron chi connectivity index (χ3n) is 6.49. The van der Waals surface area contributed by atoms with Gasteiger partial charge in [0.05, 0.1) is 13.7 Å². The maximum absolute atomic E-state index is 12.7. The smallest absolute Gasteiger partial charge is 0.331 e. The Kier molecular flexibility index (Phi) is 8.74. The Hall–Kier alpha value is -3.77. The van der Waals surface area contributed by atoms with E-state index in [1.165, 1.54) is 11.6 Å². The highest BCUT2D eigenvalue weighted by Gasteiger charge is 2.47. The van der Waals surface area contributed by atoms with Crippen molar-refractivity contribution in [3.63, 3.8) is 0 Å². The molecule has 0 radical (unpaired) electrons. The second-order valence-electron chi connectivity index (χ2n) is 10.3. The molecule has 3 aromatic rings. The summed E-state index contributed by atoms with van der Waals surface area (Å²) in [5.74, 6) is 1.15. The second kappa shape index (κ2) is 12.2. The molecule has 200 valence electrons. The van der Waals surface area contributed by atoms with Crippen LogP contribution in [0.15, 0.2) is 84.4 Å². The predicted molar refractivity (Wildman–Crippen MR) is 150 cm³/mol. The zero-order valence-corrected chi connectivity index (χ0v) is 22.8. The molecule has 4 rings (SSSR count). The molecular weight excluding hydrogens is 478 g/mol. The summed E-state index contributed by atoms with van der Waals surface area (Å²) in [6, 6.07) is 24.1. The van der Waals surface area contributed by atoms with E-state index in [2.05, 4.69) is 17.4 Å². The highest BCUT2D eigenvalue weighted by Crippen LogP contribution is 2.44. The monoisotopic (exact) mass is 515 g/mol. The second-order valence-corrected chi connectivity index (χ2v) is 10.3. The maximum atomic E-state index is 12.7. The summed E-state index contributed by atoms with van der Waals surface area (Å²) < 4.78 is 24.1. The lowest BCUT2D eigenvalue weighted by Crippen LogP contribution is -2.51. The molecule has 1 N–H and O–H groups in total. The third kappa shape index (κ3) is 6.95.